The van der Waals surface area contributed by atoms with Gasteiger partial charge in [-0.1, -0.05) is 0 Å². The highest BCUT2D eigenvalue weighted by molar-refractivity contribution is 7.90. The normalized spacial score (nSPS) is 13.0. The van der Waals surface area contributed by atoms with E-state index in [0.717, 1.165) is 18.4 Å². The first-order valence-corrected chi connectivity index (χ1v) is 7.65. The molecule has 1 aromatic carbocycles. The Hall–Kier alpha value is -1.77. The standard InChI is InChI=1S/C11H12F3N3O2S/c1-20(18,19)5-4-17-9-3-2-7(11(12,13)14)6-8(9)16-10(17)15/h2-3,6H,4-5H2,1H3,(H2,15,16). The Morgan fingerprint density at radius 1 is 1.35 bits per heavy atom. The number of rotatable bonds is 3. The van der Waals surface area contributed by atoms with Gasteiger partial charge < -0.3 is 10.3 Å². The third-order valence-corrected chi connectivity index (χ3v) is 3.71. The summed E-state index contributed by atoms with van der Waals surface area (Å²) in [6.45, 7) is 0.0481. The number of nitrogen functional groups attached to an aromatic ring is 1. The second-order valence-electron chi connectivity index (χ2n) is 4.45. The Labute approximate surface area is 113 Å². The van der Waals surface area contributed by atoms with Crippen molar-refractivity contribution < 1.29 is 21.6 Å². The van der Waals surface area contributed by atoms with Gasteiger partial charge in [0.25, 0.3) is 0 Å². The zero-order chi connectivity index (χ0) is 15.1. The summed E-state index contributed by atoms with van der Waals surface area (Å²) >= 11 is 0. The van der Waals surface area contributed by atoms with E-state index in [1.54, 1.807) is 0 Å². The van der Waals surface area contributed by atoms with Gasteiger partial charge in [-0.2, -0.15) is 13.2 Å². The fourth-order valence-corrected chi connectivity index (χ4v) is 2.33. The van der Waals surface area contributed by atoms with Crippen LogP contribution in [0, 0.1) is 0 Å². The van der Waals surface area contributed by atoms with Crippen LogP contribution in [0.4, 0.5) is 19.1 Å². The summed E-state index contributed by atoms with van der Waals surface area (Å²) in [7, 11) is -3.20. The maximum absolute atomic E-state index is 12.6. The Morgan fingerprint density at radius 3 is 2.55 bits per heavy atom. The first kappa shape index (κ1) is 14.6. The van der Waals surface area contributed by atoms with E-state index in [-0.39, 0.29) is 23.8 Å². The molecule has 5 nitrogen and oxygen atoms in total. The van der Waals surface area contributed by atoms with Gasteiger partial charge in [-0.3, -0.25) is 0 Å². The molecule has 0 atom stereocenters. The zero-order valence-electron chi connectivity index (χ0n) is 10.5. The lowest BCUT2D eigenvalue weighted by Gasteiger charge is -2.07. The molecule has 110 valence electrons. The van der Waals surface area contributed by atoms with Gasteiger partial charge in [0.1, 0.15) is 9.84 Å². The summed E-state index contributed by atoms with van der Waals surface area (Å²) in [4.78, 5) is 3.83. The van der Waals surface area contributed by atoms with Crippen LogP contribution < -0.4 is 5.73 Å². The van der Waals surface area contributed by atoms with Crippen LogP contribution in [0.3, 0.4) is 0 Å². The maximum atomic E-state index is 12.6. The van der Waals surface area contributed by atoms with E-state index < -0.39 is 21.6 Å². The number of aryl methyl sites for hydroxylation is 1. The number of alkyl halides is 3. The number of halogens is 3. The fraction of sp³-hybridized carbons (Fsp3) is 0.364. The van der Waals surface area contributed by atoms with Gasteiger partial charge >= 0.3 is 6.18 Å². The quantitative estimate of drug-likeness (QED) is 0.936. The predicted octanol–water partition coefficient (Wildman–Crippen LogP) is 1.68. The van der Waals surface area contributed by atoms with E-state index in [0.29, 0.717) is 5.52 Å². The van der Waals surface area contributed by atoms with Crippen LogP contribution in [-0.4, -0.2) is 30.0 Å². The van der Waals surface area contributed by atoms with E-state index in [2.05, 4.69) is 4.98 Å². The highest BCUT2D eigenvalue weighted by atomic mass is 32.2. The van der Waals surface area contributed by atoms with Crippen LogP contribution in [0.5, 0.6) is 0 Å². The lowest BCUT2D eigenvalue weighted by atomic mass is 10.2. The minimum atomic E-state index is -4.46. The van der Waals surface area contributed by atoms with Crippen LogP contribution in [0.25, 0.3) is 11.0 Å². The van der Waals surface area contributed by atoms with E-state index in [4.69, 9.17) is 5.73 Å². The molecule has 0 fully saturated rings. The van der Waals surface area contributed by atoms with Crippen molar-refractivity contribution >= 4 is 26.8 Å². The summed E-state index contributed by atoms with van der Waals surface area (Å²) < 4.78 is 61.4. The largest absolute Gasteiger partial charge is 0.416 e. The molecule has 0 radical (unpaired) electrons. The van der Waals surface area contributed by atoms with Gasteiger partial charge in [0.2, 0.25) is 5.95 Å². The second kappa shape index (κ2) is 4.65. The fourth-order valence-electron chi connectivity index (χ4n) is 1.82. The number of sulfone groups is 1. The van der Waals surface area contributed by atoms with Crippen LogP contribution in [0.1, 0.15) is 5.56 Å². The van der Waals surface area contributed by atoms with Gasteiger partial charge in [0.15, 0.2) is 0 Å². The van der Waals surface area contributed by atoms with Crippen molar-refractivity contribution in [1.82, 2.24) is 9.55 Å². The SMILES string of the molecule is CS(=O)(=O)CCn1c(N)nc2cc(C(F)(F)F)ccc21. The summed E-state index contributed by atoms with van der Waals surface area (Å²) in [5, 5.41) is 0. The topological polar surface area (TPSA) is 78.0 Å². The van der Waals surface area contributed by atoms with Crippen LogP contribution in [-0.2, 0) is 22.6 Å². The van der Waals surface area contributed by atoms with Crippen molar-refractivity contribution in [3.63, 3.8) is 0 Å². The lowest BCUT2D eigenvalue weighted by molar-refractivity contribution is -0.137. The number of benzene rings is 1. The first-order chi connectivity index (χ1) is 9.08. The summed E-state index contributed by atoms with van der Waals surface area (Å²) in [6.07, 6.45) is -3.39. The molecule has 2 rings (SSSR count). The Balaban J connectivity index is 2.45. The van der Waals surface area contributed by atoms with Gasteiger partial charge in [-0.05, 0) is 18.2 Å². The molecular weight excluding hydrogens is 295 g/mol. The molecule has 0 aliphatic rings. The number of aromatic nitrogens is 2. The molecule has 0 unspecified atom stereocenters. The minimum Gasteiger partial charge on any atom is -0.369 e. The van der Waals surface area contributed by atoms with Crippen molar-refractivity contribution in [2.24, 2.45) is 0 Å². The molecule has 0 saturated heterocycles. The number of anilines is 1. The average molecular weight is 307 g/mol. The van der Waals surface area contributed by atoms with Crippen LogP contribution in [0.15, 0.2) is 18.2 Å². The highest BCUT2D eigenvalue weighted by Crippen LogP contribution is 2.31. The molecule has 2 aromatic rings. The molecule has 0 bridgehead atoms. The third kappa shape index (κ3) is 3.03. The molecule has 1 heterocycles. The Kier molecular flexibility index (Phi) is 3.41. The Morgan fingerprint density at radius 2 is 2.00 bits per heavy atom. The number of nitrogens with zero attached hydrogens (tertiary/aromatic N) is 2. The number of nitrogens with two attached hydrogens (primary N) is 1. The number of fused-ring (bicyclic) bond motifs is 1. The third-order valence-electron chi connectivity index (χ3n) is 2.79. The molecule has 1 aromatic heterocycles. The number of hydrogen-bond donors (Lipinski definition) is 1. The Bertz CT molecular complexity index is 750. The van der Waals surface area contributed by atoms with E-state index >= 15 is 0 Å². The summed E-state index contributed by atoms with van der Waals surface area (Å²) in [6, 6.07) is 3.05. The minimum absolute atomic E-state index is 0.0111. The second-order valence-corrected chi connectivity index (χ2v) is 6.71. The van der Waals surface area contributed by atoms with Gasteiger partial charge in [0, 0.05) is 12.8 Å². The maximum Gasteiger partial charge on any atom is 0.416 e. The highest BCUT2D eigenvalue weighted by Gasteiger charge is 2.31. The molecular formula is C11H12F3N3O2S. The predicted molar refractivity (Wildman–Crippen MR) is 68.9 cm³/mol. The molecule has 9 heteroatoms. The van der Waals surface area contributed by atoms with Gasteiger partial charge in [0.05, 0.1) is 22.3 Å². The molecule has 0 spiro atoms. The smallest absolute Gasteiger partial charge is 0.369 e. The van der Waals surface area contributed by atoms with Crippen LogP contribution in [0.2, 0.25) is 0 Å². The van der Waals surface area contributed by atoms with Crippen molar-refractivity contribution in [1.29, 1.82) is 0 Å². The van der Waals surface area contributed by atoms with Crippen molar-refractivity contribution in [3.8, 4) is 0 Å². The first-order valence-electron chi connectivity index (χ1n) is 5.58. The molecule has 0 amide bonds. The van der Waals surface area contributed by atoms with E-state index in [1.807, 2.05) is 0 Å². The molecule has 0 aliphatic heterocycles. The summed E-state index contributed by atoms with van der Waals surface area (Å²) in [5.74, 6) is -0.174. The van der Waals surface area contributed by atoms with Crippen molar-refractivity contribution in [2.45, 2.75) is 12.7 Å². The molecule has 0 saturated carbocycles. The van der Waals surface area contributed by atoms with E-state index in [9.17, 15) is 21.6 Å². The lowest BCUT2D eigenvalue weighted by Crippen LogP contribution is -2.13. The van der Waals surface area contributed by atoms with Crippen molar-refractivity contribution in [3.05, 3.63) is 23.8 Å². The summed E-state index contributed by atoms with van der Waals surface area (Å²) in [5.41, 5.74) is 5.26. The van der Waals surface area contributed by atoms with Crippen molar-refractivity contribution in [2.75, 3.05) is 17.7 Å². The molecule has 20 heavy (non-hydrogen) atoms. The number of hydrogen-bond acceptors (Lipinski definition) is 4. The molecule has 0 aliphatic carbocycles. The number of imidazole rings is 1. The molecule has 2 N–H and O–H groups in total. The van der Waals surface area contributed by atoms with Gasteiger partial charge in [-0.25, -0.2) is 13.4 Å². The monoisotopic (exact) mass is 307 g/mol. The van der Waals surface area contributed by atoms with Gasteiger partial charge in [-0.15, -0.1) is 0 Å². The average Bonchev–Trinajstić information content (AvgIpc) is 2.58. The zero-order valence-corrected chi connectivity index (χ0v) is 11.3. The van der Waals surface area contributed by atoms with E-state index in [1.165, 1.54) is 10.6 Å². The van der Waals surface area contributed by atoms with Crippen LogP contribution >= 0.6 is 0 Å².